The van der Waals surface area contributed by atoms with Crippen LogP contribution in [0.2, 0.25) is 0 Å². The first-order valence-corrected chi connectivity index (χ1v) is 9.94. The Labute approximate surface area is 144 Å². The maximum absolute atomic E-state index is 4.41. The van der Waals surface area contributed by atoms with E-state index >= 15 is 0 Å². The second-order valence-electron chi connectivity index (χ2n) is 6.97. The number of rotatable bonds is 5. The Morgan fingerprint density at radius 3 is 2.91 bits per heavy atom. The maximum atomic E-state index is 4.41. The molecule has 1 aromatic heterocycles. The monoisotopic (exact) mass is 334 g/mol. The number of guanidine groups is 1. The van der Waals surface area contributed by atoms with Crippen molar-refractivity contribution in [3.05, 3.63) is 22.4 Å². The van der Waals surface area contributed by atoms with E-state index in [1.54, 1.807) is 11.3 Å². The Balaban J connectivity index is 1.43. The zero-order valence-electron chi connectivity index (χ0n) is 14.4. The Kier molecular flexibility index (Phi) is 5.95. The van der Waals surface area contributed by atoms with E-state index in [1.807, 2.05) is 7.05 Å². The second kappa shape index (κ2) is 8.15. The molecule has 2 fully saturated rings. The number of hydrogen-bond donors (Lipinski definition) is 2. The average Bonchev–Trinajstić information content (AvgIpc) is 3.32. The van der Waals surface area contributed by atoms with Crippen molar-refractivity contribution in [3.63, 3.8) is 0 Å². The Hall–Kier alpha value is -1.07. The summed E-state index contributed by atoms with van der Waals surface area (Å²) in [5, 5.41) is 11.5. The van der Waals surface area contributed by atoms with E-state index in [0.29, 0.717) is 12.0 Å². The summed E-state index contributed by atoms with van der Waals surface area (Å²) in [6, 6.07) is 3.59. The van der Waals surface area contributed by atoms with Crippen LogP contribution in [0.3, 0.4) is 0 Å². The van der Waals surface area contributed by atoms with Crippen LogP contribution in [0.4, 0.5) is 0 Å². The van der Waals surface area contributed by atoms with Crippen LogP contribution < -0.4 is 10.6 Å². The predicted molar refractivity (Wildman–Crippen MR) is 99.5 cm³/mol. The summed E-state index contributed by atoms with van der Waals surface area (Å²) in [5.41, 5.74) is 1.41. The van der Waals surface area contributed by atoms with Gasteiger partial charge in [0.2, 0.25) is 0 Å². The molecule has 0 bridgehead atoms. The maximum Gasteiger partial charge on any atom is 0.191 e. The van der Waals surface area contributed by atoms with Crippen LogP contribution in [0.5, 0.6) is 0 Å². The van der Waals surface area contributed by atoms with E-state index in [4.69, 9.17) is 0 Å². The van der Waals surface area contributed by atoms with Gasteiger partial charge in [-0.15, -0.1) is 0 Å². The Morgan fingerprint density at radius 2 is 2.22 bits per heavy atom. The minimum atomic E-state index is 0.512. The van der Waals surface area contributed by atoms with Crippen LogP contribution in [0, 0.1) is 0 Å². The molecule has 5 heteroatoms. The number of thiophene rings is 1. The minimum absolute atomic E-state index is 0.512. The summed E-state index contributed by atoms with van der Waals surface area (Å²) in [6.07, 6.45) is 6.87. The molecular formula is C18H30N4S. The lowest BCUT2D eigenvalue weighted by Crippen LogP contribution is -2.46. The van der Waals surface area contributed by atoms with Gasteiger partial charge in [-0.2, -0.15) is 11.3 Å². The fraction of sp³-hybridized carbons (Fsp3) is 0.722. The van der Waals surface area contributed by atoms with E-state index in [-0.39, 0.29) is 0 Å². The van der Waals surface area contributed by atoms with Crippen LogP contribution >= 0.6 is 11.3 Å². The molecule has 1 aromatic rings. The molecule has 0 radical (unpaired) electrons. The van der Waals surface area contributed by atoms with E-state index in [2.05, 4.69) is 44.3 Å². The van der Waals surface area contributed by atoms with Gasteiger partial charge in [-0.3, -0.25) is 9.89 Å². The van der Waals surface area contributed by atoms with Crippen molar-refractivity contribution in [2.45, 2.75) is 57.0 Å². The third kappa shape index (κ3) is 4.48. The number of nitrogens with zero attached hydrogens (tertiary/aromatic N) is 2. The van der Waals surface area contributed by atoms with Gasteiger partial charge >= 0.3 is 0 Å². The topological polar surface area (TPSA) is 39.7 Å². The van der Waals surface area contributed by atoms with E-state index in [1.165, 1.54) is 50.8 Å². The molecular weight excluding hydrogens is 304 g/mol. The van der Waals surface area contributed by atoms with Gasteiger partial charge in [0.1, 0.15) is 0 Å². The van der Waals surface area contributed by atoms with Crippen LogP contribution in [0.15, 0.2) is 21.8 Å². The van der Waals surface area contributed by atoms with E-state index in [9.17, 15) is 0 Å². The zero-order chi connectivity index (χ0) is 16.1. The molecule has 2 heterocycles. The molecule has 2 aliphatic rings. The van der Waals surface area contributed by atoms with Crippen LogP contribution in [0.25, 0.3) is 0 Å². The molecule has 3 rings (SSSR count). The number of nitrogens with one attached hydrogen (secondary N) is 2. The van der Waals surface area contributed by atoms with Gasteiger partial charge in [0.25, 0.3) is 0 Å². The summed E-state index contributed by atoms with van der Waals surface area (Å²) in [7, 11) is 1.87. The number of aliphatic imine (C=N–C) groups is 1. The van der Waals surface area contributed by atoms with Crippen molar-refractivity contribution in [2.75, 3.05) is 26.7 Å². The molecule has 0 amide bonds. The van der Waals surface area contributed by atoms with Gasteiger partial charge in [-0.05, 0) is 47.6 Å². The molecule has 23 heavy (non-hydrogen) atoms. The molecule has 0 spiro atoms. The molecule has 1 aliphatic carbocycles. The standard InChI is InChI=1S/C18H30N4S/c1-14(15-8-10-23-13-15)11-20-18(19-2)21-16-7-9-22(12-16)17-5-3-4-6-17/h8,10,13-14,16-17H,3-7,9,11-12H2,1-2H3,(H2,19,20,21). The third-order valence-electron chi connectivity index (χ3n) is 5.31. The summed E-state index contributed by atoms with van der Waals surface area (Å²) in [5.74, 6) is 1.46. The normalized spacial score (nSPS) is 25.0. The highest BCUT2D eigenvalue weighted by Gasteiger charge is 2.30. The summed E-state index contributed by atoms with van der Waals surface area (Å²) < 4.78 is 0. The van der Waals surface area contributed by atoms with Crippen LogP contribution in [0.1, 0.15) is 50.5 Å². The zero-order valence-corrected chi connectivity index (χ0v) is 15.2. The lowest BCUT2D eigenvalue weighted by molar-refractivity contribution is 0.242. The van der Waals surface area contributed by atoms with Gasteiger partial charge in [0.05, 0.1) is 0 Å². The molecule has 2 unspecified atom stereocenters. The van der Waals surface area contributed by atoms with Gasteiger partial charge < -0.3 is 10.6 Å². The highest BCUT2D eigenvalue weighted by molar-refractivity contribution is 7.07. The fourth-order valence-corrected chi connectivity index (χ4v) is 4.60. The lowest BCUT2D eigenvalue weighted by atomic mass is 10.1. The number of likely N-dealkylation sites (tertiary alicyclic amines) is 1. The van der Waals surface area contributed by atoms with Crippen molar-refractivity contribution in [1.82, 2.24) is 15.5 Å². The molecule has 2 N–H and O–H groups in total. The minimum Gasteiger partial charge on any atom is -0.356 e. The van der Waals surface area contributed by atoms with Crippen molar-refractivity contribution in [3.8, 4) is 0 Å². The first-order valence-electron chi connectivity index (χ1n) is 8.99. The molecule has 2 atom stereocenters. The summed E-state index contributed by atoms with van der Waals surface area (Å²) in [4.78, 5) is 7.09. The second-order valence-corrected chi connectivity index (χ2v) is 7.75. The first kappa shape index (κ1) is 16.8. The van der Waals surface area contributed by atoms with E-state index in [0.717, 1.165) is 18.5 Å². The number of hydrogen-bond acceptors (Lipinski definition) is 3. The third-order valence-corrected chi connectivity index (χ3v) is 6.01. The highest BCUT2D eigenvalue weighted by Crippen LogP contribution is 2.26. The smallest absolute Gasteiger partial charge is 0.191 e. The molecule has 1 aliphatic heterocycles. The SMILES string of the molecule is CN=C(NCC(C)c1ccsc1)NC1CCN(C2CCCC2)C1. The summed E-state index contributed by atoms with van der Waals surface area (Å²) >= 11 is 1.77. The van der Waals surface area contributed by atoms with Gasteiger partial charge in [0.15, 0.2) is 5.96 Å². The Morgan fingerprint density at radius 1 is 1.39 bits per heavy atom. The van der Waals surface area contributed by atoms with Crippen LogP contribution in [-0.4, -0.2) is 49.6 Å². The predicted octanol–water partition coefficient (Wildman–Crippen LogP) is 3.03. The first-order chi connectivity index (χ1) is 11.3. The van der Waals surface area contributed by atoms with Crippen molar-refractivity contribution < 1.29 is 0 Å². The largest absolute Gasteiger partial charge is 0.356 e. The van der Waals surface area contributed by atoms with Gasteiger partial charge in [-0.1, -0.05) is 19.8 Å². The van der Waals surface area contributed by atoms with Gasteiger partial charge in [0, 0.05) is 38.8 Å². The highest BCUT2D eigenvalue weighted by atomic mass is 32.1. The average molecular weight is 335 g/mol. The van der Waals surface area contributed by atoms with Crippen molar-refractivity contribution in [1.29, 1.82) is 0 Å². The van der Waals surface area contributed by atoms with E-state index < -0.39 is 0 Å². The Bertz CT molecular complexity index is 493. The quantitative estimate of drug-likeness (QED) is 0.642. The fourth-order valence-electron chi connectivity index (χ4n) is 3.82. The molecule has 1 saturated heterocycles. The van der Waals surface area contributed by atoms with Crippen molar-refractivity contribution >= 4 is 17.3 Å². The van der Waals surface area contributed by atoms with Crippen molar-refractivity contribution in [2.24, 2.45) is 4.99 Å². The molecule has 128 valence electrons. The molecule has 0 aromatic carbocycles. The molecule has 4 nitrogen and oxygen atoms in total. The van der Waals surface area contributed by atoms with Crippen LogP contribution in [-0.2, 0) is 0 Å². The molecule has 1 saturated carbocycles. The lowest BCUT2D eigenvalue weighted by Gasteiger charge is -2.24. The van der Waals surface area contributed by atoms with Gasteiger partial charge in [-0.25, -0.2) is 0 Å². The summed E-state index contributed by atoms with van der Waals surface area (Å²) in [6.45, 7) is 5.60.